The molecule has 174 valence electrons. The van der Waals surface area contributed by atoms with Crippen LogP contribution >= 0.6 is 0 Å². The number of aliphatic hydroxyl groups excluding tert-OH is 1. The number of aliphatic hydroxyl groups is 1. The molecule has 0 saturated heterocycles. The zero-order chi connectivity index (χ0) is 24.1. The molecule has 0 spiro atoms. The summed E-state index contributed by atoms with van der Waals surface area (Å²) in [5.74, 6) is 1.87. The first kappa shape index (κ1) is 23.4. The van der Waals surface area contributed by atoms with Crippen LogP contribution in [0.4, 0.5) is 17.5 Å². The lowest BCUT2D eigenvalue weighted by Gasteiger charge is -2.20. The molecule has 1 aliphatic carbocycles. The first-order valence-electron chi connectivity index (χ1n) is 11.5. The molecule has 0 amide bonds. The topological polar surface area (TPSA) is 82.4 Å². The number of aromatic nitrogens is 2. The Labute approximate surface area is 201 Å². The number of nitrogens with zero attached hydrogens (tertiary/aromatic N) is 3. The minimum Gasteiger partial charge on any atom is -0.384 e. The van der Waals surface area contributed by atoms with Gasteiger partial charge in [0.1, 0.15) is 11.9 Å². The van der Waals surface area contributed by atoms with Gasteiger partial charge < -0.3 is 20.7 Å². The van der Waals surface area contributed by atoms with Crippen LogP contribution in [0.3, 0.4) is 0 Å². The van der Waals surface area contributed by atoms with Crippen molar-refractivity contribution >= 4 is 23.7 Å². The van der Waals surface area contributed by atoms with E-state index in [0.717, 1.165) is 33.6 Å². The lowest BCUT2D eigenvalue weighted by Crippen LogP contribution is -2.15. The number of hydrogen-bond donors (Lipinski definition) is 3. The van der Waals surface area contributed by atoms with Crippen molar-refractivity contribution in [2.24, 2.45) is 16.8 Å². The third-order valence-electron chi connectivity index (χ3n) is 6.02. The quantitative estimate of drug-likeness (QED) is 0.398. The number of nitrogens with one attached hydrogen (secondary N) is 2. The van der Waals surface area contributed by atoms with E-state index in [1.807, 2.05) is 74.7 Å². The van der Waals surface area contributed by atoms with Gasteiger partial charge in [-0.25, -0.2) is 4.98 Å². The van der Waals surface area contributed by atoms with E-state index in [-0.39, 0.29) is 0 Å². The maximum atomic E-state index is 10.8. The van der Waals surface area contributed by atoms with E-state index in [2.05, 4.69) is 44.7 Å². The third-order valence-corrected chi connectivity index (χ3v) is 6.02. The van der Waals surface area contributed by atoms with E-state index in [1.165, 1.54) is 0 Å². The van der Waals surface area contributed by atoms with Crippen molar-refractivity contribution in [1.29, 1.82) is 0 Å². The van der Waals surface area contributed by atoms with Gasteiger partial charge in [0.05, 0.1) is 0 Å². The number of rotatable bonds is 7. The van der Waals surface area contributed by atoms with E-state index in [1.54, 1.807) is 13.2 Å². The summed E-state index contributed by atoms with van der Waals surface area (Å²) in [5.41, 5.74) is 5.76. The Morgan fingerprint density at radius 2 is 1.76 bits per heavy atom. The number of anilines is 3. The van der Waals surface area contributed by atoms with Gasteiger partial charge in [0.25, 0.3) is 0 Å². The highest BCUT2D eigenvalue weighted by Crippen LogP contribution is 2.30. The van der Waals surface area contributed by atoms with Crippen LogP contribution in [0.25, 0.3) is 0 Å². The van der Waals surface area contributed by atoms with Crippen LogP contribution in [0.15, 0.2) is 83.6 Å². The van der Waals surface area contributed by atoms with Crippen LogP contribution in [-0.2, 0) is 0 Å². The maximum Gasteiger partial charge on any atom is 0.229 e. The van der Waals surface area contributed by atoms with Crippen molar-refractivity contribution in [2.45, 2.75) is 26.9 Å². The van der Waals surface area contributed by atoms with Crippen LogP contribution in [0.1, 0.15) is 35.3 Å². The first-order valence-corrected chi connectivity index (χ1v) is 11.5. The lowest BCUT2D eigenvalue weighted by molar-refractivity contribution is 0.220. The van der Waals surface area contributed by atoms with Gasteiger partial charge in [0, 0.05) is 36.8 Å². The smallest absolute Gasteiger partial charge is 0.229 e. The summed E-state index contributed by atoms with van der Waals surface area (Å²) in [4.78, 5) is 13.2. The second-order valence-electron chi connectivity index (χ2n) is 8.68. The van der Waals surface area contributed by atoms with Crippen LogP contribution in [0.5, 0.6) is 0 Å². The largest absolute Gasteiger partial charge is 0.384 e. The molecule has 6 nitrogen and oxygen atoms in total. The van der Waals surface area contributed by atoms with Crippen LogP contribution in [0.2, 0.25) is 0 Å². The Balaban J connectivity index is 1.50. The van der Waals surface area contributed by atoms with E-state index >= 15 is 0 Å². The average Bonchev–Trinajstić information content (AvgIpc) is 2.83. The average molecular weight is 454 g/mol. The summed E-state index contributed by atoms with van der Waals surface area (Å²) < 4.78 is 0. The lowest BCUT2D eigenvalue weighted by atomic mass is 9.90. The van der Waals surface area contributed by atoms with E-state index in [4.69, 9.17) is 0 Å². The third kappa shape index (κ3) is 5.41. The number of allylic oxidation sites excluding steroid dienone is 3. The van der Waals surface area contributed by atoms with Crippen molar-refractivity contribution in [1.82, 2.24) is 9.97 Å². The van der Waals surface area contributed by atoms with Gasteiger partial charge in [-0.1, -0.05) is 61.5 Å². The summed E-state index contributed by atoms with van der Waals surface area (Å²) in [6.07, 6.45) is 9.38. The molecule has 6 heteroatoms. The minimum absolute atomic E-state index is 0.304. The van der Waals surface area contributed by atoms with Gasteiger partial charge in [-0.15, -0.1) is 0 Å². The van der Waals surface area contributed by atoms with E-state index in [0.29, 0.717) is 23.6 Å². The van der Waals surface area contributed by atoms with Crippen LogP contribution in [-0.4, -0.2) is 28.3 Å². The Bertz CT molecular complexity index is 1210. The predicted molar refractivity (Wildman–Crippen MR) is 140 cm³/mol. The van der Waals surface area contributed by atoms with E-state index < -0.39 is 6.10 Å². The zero-order valence-corrected chi connectivity index (χ0v) is 20.0. The van der Waals surface area contributed by atoms with Gasteiger partial charge in [0.15, 0.2) is 0 Å². The Kier molecular flexibility index (Phi) is 7.18. The molecule has 3 aromatic rings. The van der Waals surface area contributed by atoms with Crippen molar-refractivity contribution < 1.29 is 5.11 Å². The van der Waals surface area contributed by atoms with Crippen molar-refractivity contribution in [3.05, 3.63) is 101 Å². The number of hydrogen-bond acceptors (Lipinski definition) is 6. The highest BCUT2D eigenvalue weighted by molar-refractivity contribution is 5.67. The van der Waals surface area contributed by atoms with Gasteiger partial charge in [-0.05, 0) is 54.2 Å². The molecule has 0 aliphatic heterocycles. The molecule has 34 heavy (non-hydrogen) atoms. The van der Waals surface area contributed by atoms with Gasteiger partial charge in [0.2, 0.25) is 5.95 Å². The van der Waals surface area contributed by atoms with Gasteiger partial charge in [-0.2, -0.15) is 4.98 Å². The molecule has 0 saturated carbocycles. The maximum absolute atomic E-state index is 10.8. The highest BCUT2D eigenvalue weighted by Gasteiger charge is 2.16. The Morgan fingerprint density at radius 1 is 1.03 bits per heavy atom. The second kappa shape index (κ2) is 10.4. The fourth-order valence-electron chi connectivity index (χ4n) is 4.21. The fourth-order valence-corrected chi connectivity index (χ4v) is 4.21. The minimum atomic E-state index is -0.662. The van der Waals surface area contributed by atoms with Crippen LogP contribution in [0, 0.1) is 25.7 Å². The molecular weight excluding hydrogens is 422 g/mol. The number of aryl methyl sites for hydroxylation is 2. The van der Waals surface area contributed by atoms with E-state index in [9.17, 15) is 5.11 Å². The molecule has 1 aliphatic rings. The van der Waals surface area contributed by atoms with Crippen molar-refractivity contribution in [2.75, 3.05) is 17.7 Å². The standard InChI is InChI=1S/C28H31N5O/c1-18-16-24(11-10-22(18)17-29-4)31-28-30-13-12-25(33-28)32-26-19(2)14-23(15-20(26)3)27(34)21-8-6-5-7-9-21/h5-18,22,27,34H,1-4H3,(H2,30,31,32,33)/b29-17-. The summed E-state index contributed by atoms with van der Waals surface area (Å²) in [5, 5.41) is 17.5. The Morgan fingerprint density at radius 3 is 2.44 bits per heavy atom. The molecule has 1 aromatic heterocycles. The summed E-state index contributed by atoms with van der Waals surface area (Å²) in [6, 6.07) is 15.6. The summed E-state index contributed by atoms with van der Waals surface area (Å²) >= 11 is 0. The molecule has 3 N–H and O–H groups in total. The molecule has 2 aromatic carbocycles. The second-order valence-corrected chi connectivity index (χ2v) is 8.68. The van der Waals surface area contributed by atoms with Crippen molar-refractivity contribution in [3.63, 3.8) is 0 Å². The summed E-state index contributed by atoms with van der Waals surface area (Å²) in [6.45, 7) is 6.23. The molecule has 4 rings (SSSR count). The van der Waals surface area contributed by atoms with Gasteiger partial charge in [-0.3, -0.25) is 0 Å². The normalized spacial score (nSPS) is 18.6. The molecule has 3 unspecified atom stereocenters. The molecule has 0 fully saturated rings. The predicted octanol–water partition coefficient (Wildman–Crippen LogP) is 5.74. The number of benzene rings is 2. The first-order chi connectivity index (χ1) is 16.4. The molecule has 1 heterocycles. The SMILES string of the molecule is C/N=C\C1C=CC(Nc2nccc(Nc3c(C)cc(C(O)c4ccccc4)cc3C)n2)=CC1C. The molecule has 0 radical (unpaired) electrons. The highest BCUT2D eigenvalue weighted by atomic mass is 16.3. The zero-order valence-electron chi connectivity index (χ0n) is 20.0. The molecular formula is C28H31N5O. The van der Waals surface area contributed by atoms with Gasteiger partial charge >= 0.3 is 0 Å². The molecule has 0 bridgehead atoms. The molecule has 3 atom stereocenters. The van der Waals surface area contributed by atoms with Crippen molar-refractivity contribution in [3.8, 4) is 0 Å². The van der Waals surface area contributed by atoms with Crippen LogP contribution < -0.4 is 10.6 Å². The summed E-state index contributed by atoms with van der Waals surface area (Å²) in [7, 11) is 1.80. The number of aliphatic imine (C=N–C) groups is 1. The fraction of sp³-hybridized carbons (Fsp3) is 0.250. The Hall–Kier alpha value is -3.77. The monoisotopic (exact) mass is 453 g/mol.